The standard InChI is InChI=1S/C17H15ClN6O3/c1-2-19-17(27)24-13-6-5-11-15(22-13)23-14(8-20-11)21-12-7-9(16(25)26)3-4-10(12)18/h3-8H,2H2,1H3,(H,25,26)(H3,19,21,22,23,24,27). The Kier molecular flexibility index (Phi) is 5.32. The van der Waals surface area contributed by atoms with Crippen LogP contribution in [0.15, 0.2) is 36.5 Å². The van der Waals surface area contributed by atoms with Crippen LogP contribution in [0, 0.1) is 0 Å². The van der Waals surface area contributed by atoms with Gasteiger partial charge in [-0.3, -0.25) is 5.32 Å². The number of aromatic carboxylic acids is 1. The van der Waals surface area contributed by atoms with Crippen molar-refractivity contribution in [2.75, 3.05) is 17.2 Å². The molecular weight excluding hydrogens is 372 g/mol. The zero-order valence-electron chi connectivity index (χ0n) is 14.2. The van der Waals surface area contributed by atoms with Gasteiger partial charge in [-0.05, 0) is 37.3 Å². The van der Waals surface area contributed by atoms with Crippen molar-refractivity contribution in [1.29, 1.82) is 0 Å². The molecule has 0 bridgehead atoms. The highest BCUT2D eigenvalue weighted by molar-refractivity contribution is 6.33. The molecule has 3 aromatic rings. The van der Waals surface area contributed by atoms with E-state index in [1.165, 1.54) is 24.4 Å². The molecular formula is C17H15ClN6O3. The van der Waals surface area contributed by atoms with E-state index in [1.54, 1.807) is 19.1 Å². The van der Waals surface area contributed by atoms with Crippen molar-refractivity contribution in [2.45, 2.75) is 6.92 Å². The van der Waals surface area contributed by atoms with E-state index in [0.717, 1.165) is 0 Å². The Bertz CT molecular complexity index is 1030. The highest BCUT2D eigenvalue weighted by Gasteiger charge is 2.10. The minimum absolute atomic E-state index is 0.0854. The number of carboxylic acids is 1. The Morgan fingerprint density at radius 2 is 1.93 bits per heavy atom. The number of aromatic nitrogens is 3. The van der Waals surface area contributed by atoms with Crippen molar-refractivity contribution in [2.24, 2.45) is 0 Å². The van der Waals surface area contributed by atoms with Crippen molar-refractivity contribution < 1.29 is 14.7 Å². The smallest absolute Gasteiger partial charge is 0.335 e. The number of anilines is 3. The fourth-order valence-corrected chi connectivity index (χ4v) is 2.41. The fraction of sp³-hybridized carbons (Fsp3) is 0.118. The Balaban J connectivity index is 1.88. The van der Waals surface area contributed by atoms with Crippen LogP contribution in [0.2, 0.25) is 5.02 Å². The average Bonchev–Trinajstić information content (AvgIpc) is 2.63. The van der Waals surface area contributed by atoms with Gasteiger partial charge in [0.15, 0.2) is 11.5 Å². The van der Waals surface area contributed by atoms with E-state index in [9.17, 15) is 9.59 Å². The number of pyridine rings is 1. The first kappa shape index (κ1) is 18.3. The number of hydrogen-bond acceptors (Lipinski definition) is 6. The number of nitrogens with one attached hydrogen (secondary N) is 3. The van der Waals surface area contributed by atoms with Crippen molar-refractivity contribution in [3.63, 3.8) is 0 Å². The van der Waals surface area contributed by atoms with Crippen LogP contribution in [-0.2, 0) is 0 Å². The minimum atomic E-state index is -1.07. The summed E-state index contributed by atoms with van der Waals surface area (Å²) in [5.74, 6) is -0.414. The average molecular weight is 387 g/mol. The van der Waals surface area contributed by atoms with E-state index in [1.807, 2.05) is 0 Å². The summed E-state index contributed by atoms with van der Waals surface area (Å²) in [7, 11) is 0. The summed E-state index contributed by atoms with van der Waals surface area (Å²) in [4.78, 5) is 35.6. The van der Waals surface area contributed by atoms with Gasteiger partial charge in [0.25, 0.3) is 0 Å². The molecule has 2 amide bonds. The van der Waals surface area contributed by atoms with Crippen molar-refractivity contribution >= 4 is 52.1 Å². The van der Waals surface area contributed by atoms with E-state index in [0.29, 0.717) is 40.1 Å². The fourth-order valence-electron chi connectivity index (χ4n) is 2.24. The van der Waals surface area contributed by atoms with Gasteiger partial charge in [-0.15, -0.1) is 0 Å². The molecule has 2 aromatic heterocycles. The predicted molar refractivity (Wildman–Crippen MR) is 102 cm³/mol. The van der Waals surface area contributed by atoms with E-state index >= 15 is 0 Å². The highest BCUT2D eigenvalue weighted by Crippen LogP contribution is 2.26. The molecule has 0 saturated carbocycles. The van der Waals surface area contributed by atoms with Gasteiger partial charge >= 0.3 is 12.0 Å². The van der Waals surface area contributed by atoms with Crippen LogP contribution in [0.3, 0.4) is 0 Å². The van der Waals surface area contributed by atoms with Crippen molar-refractivity contribution in [3.05, 3.63) is 47.1 Å². The first-order valence-corrected chi connectivity index (χ1v) is 8.32. The number of amides is 2. The quantitative estimate of drug-likeness (QED) is 0.529. The van der Waals surface area contributed by atoms with Gasteiger partial charge < -0.3 is 15.7 Å². The molecule has 9 nitrogen and oxygen atoms in total. The summed E-state index contributed by atoms with van der Waals surface area (Å²) in [5, 5.41) is 17.6. The maximum atomic E-state index is 11.6. The monoisotopic (exact) mass is 386 g/mol. The molecule has 27 heavy (non-hydrogen) atoms. The Morgan fingerprint density at radius 3 is 2.67 bits per heavy atom. The summed E-state index contributed by atoms with van der Waals surface area (Å²) >= 11 is 6.11. The molecule has 0 aliphatic carbocycles. The normalized spacial score (nSPS) is 10.4. The largest absolute Gasteiger partial charge is 0.478 e. The number of carboxylic acid groups (broad SMARTS) is 1. The Hall–Kier alpha value is -3.46. The summed E-state index contributed by atoms with van der Waals surface area (Å²) in [6, 6.07) is 7.21. The molecule has 3 rings (SSSR count). The second-order valence-corrected chi connectivity index (χ2v) is 5.81. The molecule has 0 aliphatic rings. The van der Waals surface area contributed by atoms with E-state index < -0.39 is 5.97 Å². The van der Waals surface area contributed by atoms with E-state index in [4.69, 9.17) is 16.7 Å². The lowest BCUT2D eigenvalue weighted by molar-refractivity contribution is 0.0697. The van der Waals surface area contributed by atoms with Gasteiger partial charge in [-0.1, -0.05) is 11.6 Å². The van der Waals surface area contributed by atoms with E-state index in [2.05, 4.69) is 30.9 Å². The van der Waals surface area contributed by atoms with Crippen LogP contribution in [0.25, 0.3) is 11.2 Å². The second kappa shape index (κ2) is 7.83. The number of carbonyl (C=O) groups excluding carboxylic acids is 1. The lowest BCUT2D eigenvalue weighted by Crippen LogP contribution is -2.28. The lowest BCUT2D eigenvalue weighted by atomic mass is 10.2. The maximum absolute atomic E-state index is 11.6. The van der Waals surface area contributed by atoms with Gasteiger partial charge in [-0.2, -0.15) is 0 Å². The topological polar surface area (TPSA) is 129 Å². The molecule has 1 aromatic carbocycles. The third kappa shape index (κ3) is 4.39. The van der Waals surface area contributed by atoms with Crippen LogP contribution in [-0.4, -0.2) is 38.6 Å². The zero-order valence-corrected chi connectivity index (χ0v) is 14.9. The molecule has 2 heterocycles. The molecule has 0 unspecified atom stereocenters. The molecule has 0 fully saturated rings. The molecule has 0 aliphatic heterocycles. The third-order valence-electron chi connectivity index (χ3n) is 3.46. The number of benzene rings is 1. The lowest BCUT2D eigenvalue weighted by Gasteiger charge is -2.09. The number of fused-ring (bicyclic) bond motifs is 1. The van der Waals surface area contributed by atoms with Crippen LogP contribution < -0.4 is 16.0 Å². The summed E-state index contributed by atoms with van der Waals surface area (Å²) in [6.07, 6.45) is 1.48. The Morgan fingerprint density at radius 1 is 1.15 bits per heavy atom. The number of nitrogens with zero attached hydrogens (tertiary/aromatic N) is 3. The number of urea groups is 1. The predicted octanol–water partition coefficient (Wildman–Crippen LogP) is 3.26. The van der Waals surface area contributed by atoms with Gasteiger partial charge in [-0.25, -0.2) is 24.5 Å². The van der Waals surface area contributed by atoms with Gasteiger partial charge in [0.1, 0.15) is 11.3 Å². The first-order chi connectivity index (χ1) is 13.0. The van der Waals surface area contributed by atoms with Crippen LogP contribution >= 0.6 is 11.6 Å². The highest BCUT2D eigenvalue weighted by atomic mass is 35.5. The second-order valence-electron chi connectivity index (χ2n) is 5.40. The molecule has 10 heteroatoms. The summed E-state index contributed by atoms with van der Waals surface area (Å²) < 4.78 is 0. The minimum Gasteiger partial charge on any atom is -0.478 e. The molecule has 4 N–H and O–H groups in total. The van der Waals surface area contributed by atoms with Gasteiger partial charge in [0, 0.05) is 6.54 Å². The summed E-state index contributed by atoms with van der Waals surface area (Å²) in [6.45, 7) is 2.30. The van der Waals surface area contributed by atoms with Crippen LogP contribution in [0.4, 0.5) is 22.1 Å². The van der Waals surface area contributed by atoms with E-state index in [-0.39, 0.29) is 11.6 Å². The van der Waals surface area contributed by atoms with Crippen LogP contribution in [0.1, 0.15) is 17.3 Å². The first-order valence-electron chi connectivity index (χ1n) is 7.95. The Labute approximate surface area is 158 Å². The maximum Gasteiger partial charge on any atom is 0.335 e. The molecule has 0 radical (unpaired) electrons. The number of hydrogen-bond donors (Lipinski definition) is 4. The van der Waals surface area contributed by atoms with Gasteiger partial charge in [0.05, 0.1) is 22.5 Å². The van der Waals surface area contributed by atoms with Gasteiger partial charge in [0.2, 0.25) is 0 Å². The van der Waals surface area contributed by atoms with Crippen molar-refractivity contribution in [1.82, 2.24) is 20.3 Å². The molecule has 0 saturated heterocycles. The van der Waals surface area contributed by atoms with Crippen molar-refractivity contribution in [3.8, 4) is 0 Å². The number of halogens is 1. The van der Waals surface area contributed by atoms with Crippen LogP contribution in [0.5, 0.6) is 0 Å². The number of rotatable bonds is 5. The molecule has 0 spiro atoms. The third-order valence-corrected chi connectivity index (χ3v) is 3.79. The molecule has 138 valence electrons. The zero-order chi connectivity index (χ0) is 19.4. The number of carbonyl (C=O) groups is 2. The SMILES string of the molecule is CCNC(=O)Nc1ccc2ncc(Nc3cc(C(=O)O)ccc3Cl)nc2n1. The molecule has 0 atom stereocenters. The summed E-state index contributed by atoms with van der Waals surface area (Å²) in [5.41, 5.74) is 1.30.